The molecule has 0 saturated carbocycles. The van der Waals surface area contributed by atoms with E-state index in [0.717, 1.165) is 11.5 Å². The molecule has 16 heavy (non-hydrogen) atoms. The van der Waals surface area contributed by atoms with Gasteiger partial charge < -0.3 is 0 Å². The number of nitrogens with one attached hydrogen (secondary N) is 1. The first-order valence-corrected chi connectivity index (χ1v) is 6.38. The van der Waals surface area contributed by atoms with Gasteiger partial charge in [-0.25, -0.2) is 0 Å². The van der Waals surface area contributed by atoms with Crippen molar-refractivity contribution in [3.8, 4) is 0 Å². The second-order valence-electron chi connectivity index (χ2n) is 4.31. The lowest BCUT2D eigenvalue weighted by Crippen LogP contribution is -2.34. The van der Waals surface area contributed by atoms with Crippen LogP contribution in [0.4, 0.5) is 0 Å². The Kier molecular flexibility index (Phi) is 4.26. The van der Waals surface area contributed by atoms with Gasteiger partial charge in [0.05, 0.1) is 0 Å². The maximum Gasteiger partial charge on any atom is 0.339 e. The van der Waals surface area contributed by atoms with Crippen LogP contribution in [0.25, 0.3) is 0 Å². The Morgan fingerprint density at radius 2 is 2.12 bits per heavy atom. The third-order valence-electron chi connectivity index (χ3n) is 1.97. The Labute approximate surface area is 103 Å². The van der Waals surface area contributed by atoms with Crippen LogP contribution in [-0.2, 0) is 7.05 Å². The summed E-state index contributed by atoms with van der Waals surface area (Å²) in [5.74, 6) is 1.53. The van der Waals surface area contributed by atoms with Crippen molar-refractivity contribution in [1.29, 1.82) is 0 Å². The number of thioether (sulfide) groups is 1. The quantitative estimate of drug-likeness (QED) is 0.471. The zero-order valence-electron chi connectivity index (χ0n) is 9.48. The van der Waals surface area contributed by atoms with Gasteiger partial charge in [0.25, 0.3) is 0 Å². The lowest BCUT2D eigenvalue weighted by molar-refractivity contribution is 0.491. The van der Waals surface area contributed by atoms with Gasteiger partial charge in [-0.3, -0.25) is 19.4 Å². The van der Waals surface area contributed by atoms with Gasteiger partial charge in [-0.1, -0.05) is 25.6 Å². The van der Waals surface area contributed by atoms with E-state index in [0.29, 0.717) is 5.16 Å². The number of aryl methyl sites for hydroxylation is 1. The molecule has 0 atom stereocenters. The molecule has 0 aliphatic rings. The molecule has 0 aromatic carbocycles. The summed E-state index contributed by atoms with van der Waals surface area (Å²) in [5.41, 5.74) is -1.38. The maximum atomic E-state index is 11.1. The van der Waals surface area contributed by atoms with Crippen LogP contribution in [0.2, 0.25) is 0 Å². The zero-order chi connectivity index (χ0) is 12.3. The van der Waals surface area contributed by atoms with Gasteiger partial charge in [0.2, 0.25) is 0 Å². The van der Waals surface area contributed by atoms with Gasteiger partial charge in [-0.2, -0.15) is 17.6 Å². The molecule has 1 aromatic rings. The standard InChI is InChI=1S/C9H15N3O2S2/c1-9(2,4-15)5-16-8-10-6(13)7(14)11-12(8)3/h15H,4-5H2,1-3H3,(H,11,14). The van der Waals surface area contributed by atoms with Crippen molar-refractivity contribution in [2.45, 2.75) is 19.0 Å². The summed E-state index contributed by atoms with van der Waals surface area (Å²) < 4.78 is 1.46. The van der Waals surface area contributed by atoms with Crippen LogP contribution < -0.4 is 11.1 Å². The van der Waals surface area contributed by atoms with Crippen molar-refractivity contribution < 1.29 is 0 Å². The highest BCUT2D eigenvalue weighted by atomic mass is 32.2. The molecule has 0 radical (unpaired) electrons. The van der Waals surface area contributed by atoms with Gasteiger partial charge in [0, 0.05) is 12.8 Å². The van der Waals surface area contributed by atoms with E-state index in [-0.39, 0.29) is 5.41 Å². The van der Waals surface area contributed by atoms with Crippen molar-refractivity contribution in [1.82, 2.24) is 14.8 Å². The minimum absolute atomic E-state index is 0.0572. The smallest absolute Gasteiger partial charge is 0.265 e. The van der Waals surface area contributed by atoms with E-state index in [1.807, 2.05) is 0 Å². The minimum atomic E-state index is -0.746. The summed E-state index contributed by atoms with van der Waals surface area (Å²) in [6, 6.07) is 0. The molecule has 1 aromatic heterocycles. The van der Waals surface area contributed by atoms with Gasteiger partial charge in [-0.05, 0) is 11.2 Å². The third kappa shape index (κ3) is 3.41. The highest BCUT2D eigenvalue weighted by Crippen LogP contribution is 2.26. The average molecular weight is 261 g/mol. The molecule has 0 aliphatic carbocycles. The molecule has 1 rings (SSSR count). The van der Waals surface area contributed by atoms with Crippen LogP contribution in [0.3, 0.4) is 0 Å². The summed E-state index contributed by atoms with van der Waals surface area (Å²) in [6.07, 6.45) is 0. The van der Waals surface area contributed by atoms with Crippen LogP contribution in [0.15, 0.2) is 14.7 Å². The molecule has 0 spiro atoms. The molecule has 0 aliphatic heterocycles. The minimum Gasteiger partial charge on any atom is -0.265 e. The number of H-pyrrole nitrogens is 1. The van der Waals surface area contributed by atoms with Gasteiger partial charge in [0.1, 0.15) is 0 Å². The van der Waals surface area contributed by atoms with E-state index in [2.05, 4.69) is 36.6 Å². The molecule has 0 unspecified atom stereocenters. The Bertz CT molecular complexity index is 478. The lowest BCUT2D eigenvalue weighted by Gasteiger charge is -2.21. The summed E-state index contributed by atoms with van der Waals surface area (Å²) >= 11 is 5.68. The molecule has 5 nitrogen and oxygen atoms in total. The monoisotopic (exact) mass is 261 g/mol. The SMILES string of the molecule is Cn1[nH]c(=O)c(=O)nc1SCC(C)(C)CS. The van der Waals surface area contributed by atoms with Crippen LogP contribution in [-0.4, -0.2) is 26.3 Å². The van der Waals surface area contributed by atoms with Gasteiger partial charge in [-0.15, -0.1) is 0 Å². The number of hydrogen-bond acceptors (Lipinski definition) is 5. The van der Waals surface area contributed by atoms with Crippen LogP contribution in [0.1, 0.15) is 13.8 Å². The highest BCUT2D eigenvalue weighted by molar-refractivity contribution is 7.99. The molecule has 0 amide bonds. The summed E-state index contributed by atoms with van der Waals surface area (Å²) in [7, 11) is 1.66. The summed E-state index contributed by atoms with van der Waals surface area (Å²) in [6.45, 7) is 4.16. The Hall–Kier alpha value is -0.690. The van der Waals surface area contributed by atoms with Crippen molar-refractivity contribution in [2.75, 3.05) is 11.5 Å². The number of hydrogen-bond donors (Lipinski definition) is 2. The van der Waals surface area contributed by atoms with E-state index in [1.165, 1.54) is 16.4 Å². The van der Waals surface area contributed by atoms with Crippen LogP contribution >= 0.6 is 24.4 Å². The van der Waals surface area contributed by atoms with Crippen LogP contribution in [0, 0.1) is 5.41 Å². The second kappa shape index (κ2) is 5.09. The number of nitrogens with zero attached hydrogens (tertiary/aromatic N) is 2. The first kappa shape index (κ1) is 13.4. The van der Waals surface area contributed by atoms with Crippen molar-refractivity contribution in [3.63, 3.8) is 0 Å². The fourth-order valence-electron chi connectivity index (χ4n) is 0.895. The van der Waals surface area contributed by atoms with Crippen molar-refractivity contribution >= 4 is 24.4 Å². The number of thiol groups is 1. The van der Waals surface area contributed by atoms with Crippen molar-refractivity contribution in [2.24, 2.45) is 12.5 Å². The Morgan fingerprint density at radius 3 is 2.69 bits per heavy atom. The molecule has 1 N–H and O–H groups in total. The normalized spacial score (nSPS) is 11.8. The first-order valence-electron chi connectivity index (χ1n) is 4.77. The van der Waals surface area contributed by atoms with Crippen molar-refractivity contribution in [3.05, 3.63) is 20.7 Å². The first-order chi connectivity index (χ1) is 7.35. The van der Waals surface area contributed by atoms with E-state index in [9.17, 15) is 9.59 Å². The average Bonchev–Trinajstić information content (AvgIpc) is 2.22. The molecule has 0 saturated heterocycles. The molecule has 0 fully saturated rings. The zero-order valence-corrected chi connectivity index (χ0v) is 11.2. The Balaban J connectivity index is 2.87. The van der Waals surface area contributed by atoms with E-state index in [4.69, 9.17) is 0 Å². The molecule has 90 valence electrons. The number of aromatic nitrogens is 3. The molecular formula is C9H15N3O2S2. The van der Waals surface area contributed by atoms with Gasteiger partial charge >= 0.3 is 11.1 Å². The second-order valence-corrected chi connectivity index (χ2v) is 5.57. The number of rotatable bonds is 4. The lowest BCUT2D eigenvalue weighted by atomic mass is 10.0. The molecule has 1 heterocycles. The fourth-order valence-corrected chi connectivity index (χ4v) is 2.17. The maximum absolute atomic E-state index is 11.1. The number of aromatic amines is 1. The van der Waals surface area contributed by atoms with E-state index < -0.39 is 11.1 Å². The topological polar surface area (TPSA) is 67.8 Å². The molecular weight excluding hydrogens is 246 g/mol. The van der Waals surface area contributed by atoms with E-state index in [1.54, 1.807) is 7.05 Å². The predicted molar refractivity (Wildman–Crippen MR) is 68.5 cm³/mol. The molecule has 0 bridgehead atoms. The fraction of sp³-hybridized carbons (Fsp3) is 0.667. The van der Waals surface area contributed by atoms with Gasteiger partial charge in [0.15, 0.2) is 5.16 Å². The van der Waals surface area contributed by atoms with Crippen LogP contribution in [0.5, 0.6) is 0 Å². The third-order valence-corrected chi connectivity index (χ3v) is 4.37. The Morgan fingerprint density at radius 1 is 1.50 bits per heavy atom. The largest absolute Gasteiger partial charge is 0.339 e. The highest BCUT2D eigenvalue weighted by Gasteiger charge is 2.17. The summed E-state index contributed by atoms with van der Waals surface area (Å²) in [5, 5.41) is 2.92. The molecule has 7 heteroatoms. The van der Waals surface area contributed by atoms with E-state index >= 15 is 0 Å². The predicted octanol–water partition coefficient (Wildman–Crippen LogP) is 0.517. The summed E-state index contributed by atoms with van der Waals surface area (Å²) in [4.78, 5) is 25.8.